The van der Waals surface area contributed by atoms with Gasteiger partial charge in [0, 0.05) is 0 Å². The Balaban J connectivity index is 4.14. The van der Waals surface area contributed by atoms with Crippen molar-refractivity contribution in [2.24, 2.45) is 11.8 Å². The monoisotopic (exact) mass is 378 g/mol. The predicted molar refractivity (Wildman–Crippen MR) is 114 cm³/mol. The summed E-state index contributed by atoms with van der Waals surface area (Å²) in [5, 5.41) is 0. The fourth-order valence-corrected chi connectivity index (χ4v) is 3.31. The molecule has 0 N–H and O–H groups in total. The SMILES string of the molecule is C=CCCCCCCC(CC)C(=O)OC(=O)C(CC)CCCCCCC=C. The molecule has 0 aromatic rings. The van der Waals surface area contributed by atoms with E-state index in [1.54, 1.807) is 0 Å². The number of hydrogen-bond donors (Lipinski definition) is 0. The average molecular weight is 379 g/mol. The zero-order valence-electron chi connectivity index (χ0n) is 17.8. The molecule has 0 saturated carbocycles. The Kier molecular flexibility index (Phi) is 17.1. The molecule has 0 amide bonds. The first-order valence-electron chi connectivity index (χ1n) is 11.1. The zero-order valence-corrected chi connectivity index (χ0v) is 17.8. The van der Waals surface area contributed by atoms with Gasteiger partial charge in [0.15, 0.2) is 0 Å². The van der Waals surface area contributed by atoms with Gasteiger partial charge in [-0.2, -0.15) is 0 Å². The van der Waals surface area contributed by atoms with Crippen LogP contribution in [-0.2, 0) is 14.3 Å². The normalized spacial score (nSPS) is 13.0. The minimum absolute atomic E-state index is 0.148. The van der Waals surface area contributed by atoms with Crippen molar-refractivity contribution in [3.05, 3.63) is 25.3 Å². The second-order valence-electron chi connectivity index (χ2n) is 7.51. The Morgan fingerprint density at radius 3 is 1.41 bits per heavy atom. The Morgan fingerprint density at radius 2 is 1.07 bits per heavy atom. The summed E-state index contributed by atoms with van der Waals surface area (Å²) in [5.74, 6) is -0.939. The second kappa shape index (κ2) is 18.0. The van der Waals surface area contributed by atoms with E-state index in [0.717, 1.165) is 77.0 Å². The lowest BCUT2D eigenvalue weighted by molar-refractivity contribution is -0.166. The average Bonchev–Trinajstić information content (AvgIpc) is 2.66. The first kappa shape index (κ1) is 25.6. The van der Waals surface area contributed by atoms with E-state index in [2.05, 4.69) is 13.2 Å². The van der Waals surface area contributed by atoms with Crippen molar-refractivity contribution < 1.29 is 14.3 Å². The van der Waals surface area contributed by atoms with Crippen LogP contribution in [0.25, 0.3) is 0 Å². The molecule has 0 aliphatic heterocycles. The molecule has 0 bridgehead atoms. The molecule has 0 fully saturated rings. The highest BCUT2D eigenvalue weighted by Crippen LogP contribution is 2.20. The van der Waals surface area contributed by atoms with Crippen LogP contribution in [-0.4, -0.2) is 11.9 Å². The molecular weight excluding hydrogens is 336 g/mol. The van der Waals surface area contributed by atoms with Crippen molar-refractivity contribution in [3.63, 3.8) is 0 Å². The van der Waals surface area contributed by atoms with Gasteiger partial charge in [0.05, 0.1) is 11.8 Å². The summed E-state index contributed by atoms with van der Waals surface area (Å²) in [6, 6.07) is 0. The maximum Gasteiger partial charge on any atom is 0.316 e. The highest BCUT2D eigenvalue weighted by atomic mass is 16.6. The molecule has 3 nitrogen and oxygen atoms in total. The summed E-state index contributed by atoms with van der Waals surface area (Å²) < 4.78 is 5.24. The van der Waals surface area contributed by atoms with Gasteiger partial charge in [0.25, 0.3) is 0 Å². The predicted octanol–water partition coefficient (Wildman–Crippen LogP) is 7.16. The lowest BCUT2D eigenvalue weighted by atomic mass is 9.97. The largest absolute Gasteiger partial charge is 0.393 e. The molecule has 0 radical (unpaired) electrons. The van der Waals surface area contributed by atoms with E-state index in [-0.39, 0.29) is 23.8 Å². The van der Waals surface area contributed by atoms with Crippen LogP contribution in [0, 0.1) is 11.8 Å². The van der Waals surface area contributed by atoms with Gasteiger partial charge in [-0.15, -0.1) is 13.2 Å². The van der Waals surface area contributed by atoms with Crippen molar-refractivity contribution in [1.29, 1.82) is 0 Å². The van der Waals surface area contributed by atoms with Crippen LogP contribution in [0.5, 0.6) is 0 Å². The fraction of sp³-hybridized carbons (Fsp3) is 0.750. The lowest BCUT2D eigenvalue weighted by Gasteiger charge is -2.17. The van der Waals surface area contributed by atoms with Crippen molar-refractivity contribution in [3.8, 4) is 0 Å². The molecule has 0 heterocycles. The van der Waals surface area contributed by atoms with Gasteiger partial charge in [-0.05, 0) is 51.4 Å². The Hall–Kier alpha value is -1.38. The zero-order chi connectivity index (χ0) is 20.3. The van der Waals surface area contributed by atoms with E-state index in [4.69, 9.17) is 4.74 Å². The van der Waals surface area contributed by atoms with Crippen LogP contribution < -0.4 is 0 Å². The van der Waals surface area contributed by atoms with Crippen molar-refractivity contribution in [2.75, 3.05) is 0 Å². The maximum absolute atomic E-state index is 12.4. The molecular formula is C24H42O3. The molecule has 0 spiro atoms. The molecule has 0 saturated heterocycles. The van der Waals surface area contributed by atoms with E-state index in [9.17, 15) is 9.59 Å². The Bertz CT molecular complexity index is 376. The molecule has 27 heavy (non-hydrogen) atoms. The van der Waals surface area contributed by atoms with Crippen LogP contribution in [0.4, 0.5) is 0 Å². The molecule has 0 aromatic carbocycles. The summed E-state index contributed by atoms with van der Waals surface area (Å²) in [7, 11) is 0. The van der Waals surface area contributed by atoms with Gasteiger partial charge in [-0.1, -0.05) is 64.5 Å². The van der Waals surface area contributed by atoms with Gasteiger partial charge in [0.2, 0.25) is 0 Å². The summed E-state index contributed by atoms with van der Waals surface area (Å²) >= 11 is 0. The number of rotatable bonds is 18. The van der Waals surface area contributed by atoms with Gasteiger partial charge in [-0.25, -0.2) is 0 Å². The standard InChI is InChI=1S/C24H42O3/c1-5-9-11-13-15-17-19-21(7-3)23(25)27-24(26)22(8-4)20-18-16-14-12-10-6-2/h5-6,21-22H,1-2,7-20H2,3-4H3. The molecule has 3 heteroatoms. The topological polar surface area (TPSA) is 43.4 Å². The van der Waals surface area contributed by atoms with Gasteiger partial charge in [0.1, 0.15) is 0 Å². The number of hydrogen-bond acceptors (Lipinski definition) is 3. The number of allylic oxidation sites excluding steroid dienone is 2. The van der Waals surface area contributed by atoms with Crippen LogP contribution in [0.15, 0.2) is 25.3 Å². The minimum atomic E-state index is -0.321. The maximum atomic E-state index is 12.4. The third-order valence-electron chi connectivity index (χ3n) is 5.28. The van der Waals surface area contributed by atoms with E-state index >= 15 is 0 Å². The van der Waals surface area contributed by atoms with Crippen LogP contribution in [0.1, 0.15) is 104 Å². The van der Waals surface area contributed by atoms with Crippen molar-refractivity contribution >= 4 is 11.9 Å². The van der Waals surface area contributed by atoms with E-state index < -0.39 is 0 Å². The van der Waals surface area contributed by atoms with Gasteiger partial charge < -0.3 is 4.74 Å². The van der Waals surface area contributed by atoms with Crippen molar-refractivity contribution in [2.45, 2.75) is 104 Å². The second-order valence-corrected chi connectivity index (χ2v) is 7.51. The van der Waals surface area contributed by atoms with Crippen molar-refractivity contribution in [1.82, 2.24) is 0 Å². The number of esters is 2. The summed E-state index contributed by atoms with van der Waals surface area (Å²) in [5.41, 5.74) is 0. The summed E-state index contributed by atoms with van der Waals surface area (Å²) in [6.07, 6.45) is 18.0. The highest BCUT2D eigenvalue weighted by molar-refractivity contribution is 5.87. The number of carbonyl (C=O) groups excluding carboxylic acids is 2. The van der Waals surface area contributed by atoms with Gasteiger partial charge in [-0.3, -0.25) is 9.59 Å². The Labute approximate surface area is 167 Å². The fourth-order valence-electron chi connectivity index (χ4n) is 3.31. The van der Waals surface area contributed by atoms with Crippen LogP contribution in [0.2, 0.25) is 0 Å². The molecule has 2 unspecified atom stereocenters. The molecule has 0 aliphatic carbocycles. The Morgan fingerprint density at radius 1 is 0.704 bits per heavy atom. The number of carbonyl (C=O) groups is 2. The van der Waals surface area contributed by atoms with E-state index in [0.29, 0.717) is 0 Å². The third kappa shape index (κ3) is 13.4. The molecule has 2 atom stereocenters. The first-order valence-corrected chi connectivity index (χ1v) is 11.1. The quantitative estimate of drug-likeness (QED) is 0.110. The molecule has 156 valence electrons. The van der Waals surface area contributed by atoms with Crippen LogP contribution in [0.3, 0.4) is 0 Å². The number of ether oxygens (including phenoxy) is 1. The molecule has 0 rings (SSSR count). The van der Waals surface area contributed by atoms with E-state index in [1.165, 1.54) is 12.8 Å². The van der Waals surface area contributed by atoms with E-state index in [1.807, 2.05) is 26.0 Å². The summed E-state index contributed by atoms with van der Waals surface area (Å²) in [4.78, 5) is 24.7. The smallest absolute Gasteiger partial charge is 0.316 e. The summed E-state index contributed by atoms with van der Waals surface area (Å²) in [6.45, 7) is 11.5. The highest BCUT2D eigenvalue weighted by Gasteiger charge is 2.25. The van der Waals surface area contributed by atoms with Gasteiger partial charge >= 0.3 is 11.9 Å². The lowest BCUT2D eigenvalue weighted by Crippen LogP contribution is -2.25. The molecule has 0 aromatic heterocycles. The number of unbranched alkanes of at least 4 members (excludes halogenated alkanes) is 8. The first-order chi connectivity index (χ1) is 13.1. The molecule has 0 aliphatic rings. The minimum Gasteiger partial charge on any atom is -0.393 e. The van der Waals surface area contributed by atoms with Crippen LogP contribution >= 0.6 is 0 Å². The third-order valence-corrected chi connectivity index (χ3v) is 5.28.